The van der Waals surface area contributed by atoms with E-state index in [4.69, 9.17) is 25.8 Å². The number of aliphatic imine (C=N–C) groups is 1. The Hall–Kier alpha value is -3.28. The average Bonchev–Trinajstić information content (AvgIpc) is 2.84. The van der Waals surface area contributed by atoms with Crippen LogP contribution in [-0.2, 0) is 6.61 Å². The first-order valence-corrected chi connectivity index (χ1v) is 11.4. The lowest BCUT2D eigenvalue weighted by Crippen LogP contribution is -1.99. The van der Waals surface area contributed by atoms with Gasteiger partial charge in [-0.3, -0.25) is 4.99 Å². The van der Waals surface area contributed by atoms with Gasteiger partial charge in [0.1, 0.15) is 18.1 Å². The molecule has 4 aromatic carbocycles. The summed E-state index contributed by atoms with van der Waals surface area (Å²) in [5, 5.41) is 0.694. The molecule has 0 saturated heterocycles. The second kappa shape index (κ2) is 11.0. The van der Waals surface area contributed by atoms with E-state index < -0.39 is 0 Å². The van der Waals surface area contributed by atoms with E-state index in [1.807, 2.05) is 91.0 Å². The number of halogens is 2. The van der Waals surface area contributed by atoms with Gasteiger partial charge < -0.3 is 14.2 Å². The lowest BCUT2D eigenvalue weighted by Gasteiger charge is -2.13. The Morgan fingerprint density at radius 1 is 0.879 bits per heavy atom. The maximum atomic E-state index is 5.99. The normalized spacial score (nSPS) is 10.9. The Labute approximate surface area is 206 Å². The summed E-state index contributed by atoms with van der Waals surface area (Å²) in [5.41, 5.74) is 2.70. The Balaban J connectivity index is 1.44. The van der Waals surface area contributed by atoms with Gasteiger partial charge >= 0.3 is 0 Å². The summed E-state index contributed by atoms with van der Waals surface area (Å²) in [6.07, 6.45) is 1.78. The zero-order chi connectivity index (χ0) is 23.0. The van der Waals surface area contributed by atoms with Gasteiger partial charge in [-0.25, -0.2) is 0 Å². The van der Waals surface area contributed by atoms with Gasteiger partial charge in [-0.2, -0.15) is 0 Å². The number of ether oxygens (including phenoxy) is 3. The second-order valence-corrected chi connectivity index (χ2v) is 8.41. The average molecular weight is 523 g/mol. The largest absolute Gasteiger partial charge is 0.493 e. The molecule has 166 valence electrons. The Morgan fingerprint density at radius 3 is 2.27 bits per heavy atom. The molecular formula is C27H21BrClNO3. The van der Waals surface area contributed by atoms with Crippen LogP contribution in [0.15, 0.2) is 100 Å². The molecule has 4 aromatic rings. The molecule has 4 rings (SSSR count). The van der Waals surface area contributed by atoms with Gasteiger partial charge in [-0.1, -0.05) is 41.9 Å². The third-order valence-electron chi connectivity index (χ3n) is 4.73. The lowest BCUT2D eigenvalue weighted by atomic mass is 10.2. The number of para-hydroxylation sites is 1. The molecule has 0 unspecified atom stereocenters. The van der Waals surface area contributed by atoms with Crippen molar-refractivity contribution in [2.75, 3.05) is 7.11 Å². The monoisotopic (exact) mass is 521 g/mol. The highest BCUT2D eigenvalue weighted by Crippen LogP contribution is 2.37. The molecule has 0 aliphatic rings. The zero-order valence-electron chi connectivity index (χ0n) is 17.9. The third-order valence-corrected chi connectivity index (χ3v) is 5.57. The molecule has 0 aromatic heterocycles. The van der Waals surface area contributed by atoms with Crippen molar-refractivity contribution in [3.05, 3.63) is 112 Å². The van der Waals surface area contributed by atoms with E-state index in [1.54, 1.807) is 13.3 Å². The fraction of sp³-hybridized carbons (Fsp3) is 0.0741. The number of nitrogens with zero attached hydrogens (tertiary/aromatic N) is 1. The maximum absolute atomic E-state index is 5.99. The molecule has 0 N–H and O–H groups in total. The van der Waals surface area contributed by atoms with Crippen LogP contribution in [-0.4, -0.2) is 13.3 Å². The molecule has 0 aliphatic carbocycles. The van der Waals surface area contributed by atoms with Gasteiger partial charge in [0.05, 0.1) is 17.3 Å². The van der Waals surface area contributed by atoms with Crippen molar-refractivity contribution in [1.82, 2.24) is 0 Å². The van der Waals surface area contributed by atoms with E-state index in [1.165, 1.54) is 0 Å². The smallest absolute Gasteiger partial charge is 0.175 e. The minimum Gasteiger partial charge on any atom is -0.493 e. The van der Waals surface area contributed by atoms with Crippen LogP contribution in [0.1, 0.15) is 11.1 Å². The van der Waals surface area contributed by atoms with Crippen LogP contribution >= 0.6 is 27.5 Å². The second-order valence-electron chi connectivity index (χ2n) is 7.12. The van der Waals surface area contributed by atoms with Gasteiger partial charge in [0.2, 0.25) is 0 Å². The first-order valence-electron chi connectivity index (χ1n) is 10.2. The minimum absolute atomic E-state index is 0.400. The first kappa shape index (κ1) is 22.9. The van der Waals surface area contributed by atoms with Crippen molar-refractivity contribution >= 4 is 39.4 Å². The van der Waals surface area contributed by atoms with Crippen molar-refractivity contribution in [2.45, 2.75) is 6.61 Å². The molecular weight excluding hydrogens is 502 g/mol. The highest BCUT2D eigenvalue weighted by Gasteiger charge is 2.11. The van der Waals surface area contributed by atoms with Gasteiger partial charge in [-0.15, -0.1) is 0 Å². The van der Waals surface area contributed by atoms with Crippen LogP contribution in [0.4, 0.5) is 5.69 Å². The number of rotatable bonds is 8. The number of methoxy groups -OCH3 is 1. The van der Waals surface area contributed by atoms with Gasteiger partial charge in [-0.05, 0) is 87.7 Å². The third kappa shape index (κ3) is 6.37. The SMILES string of the molecule is COc1cc(C=Nc2ccc(Oc3ccccc3)cc2)cc(Br)c1OCc1ccc(Cl)cc1. The van der Waals surface area contributed by atoms with Crippen molar-refractivity contribution < 1.29 is 14.2 Å². The van der Waals surface area contributed by atoms with Crippen molar-refractivity contribution in [1.29, 1.82) is 0 Å². The first-order chi connectivity index (χ1) is 16.1. The molecule has 4 nitrogen and oxygen atoms in total. The predicted octanol–water partition coefficient (Wildman–Crippen LogP) is 8.23. The molecule has 0 spiro atoms. The molecule has 0 fully saturated rings. The van der Waals surface area contributed by atoms with Crippen molar-refractivity contribution in [2.24, 2.45) is 4.99 Å². The molecule has 6 heteroatoms. The van der Waals surface area contributed by atoms with E-state index in [2.05, 4.69) is 20.9 Å². The van der Waals surface area contributed by atoms with Crippen LogP contribution in [0.2, 0.25) is 5.02 Å². The van der Waals surface area contributed by atoms with Crippen LogP contribution < -0.4 is 14.2 Å². The summed E-state index contributed by atoms with van der Waals surface area (Å²) in [4.78, 5) is 4.56. The van der Waals surface area contributed by atoms with Crippen LogP contribution in [0, 0.1) is 0 Å². The summed E-state index contributed by atoms with van der Waals surface area (Å²) in [7, 11) is 1.61. The van der Waals surface area contributed by atoms with Gasteiger partial charge in [0.15, 0.2) is 11.5 Å². The maximum Gasteiger partial charge on any atom is 0.175 e. The topological polar surface area (TPSA) is 40.0 Å². The highest BCUT2D eigenvalue weighted by molar-refractivity contribution is 9.10. The number of hydrogen-bond donors (Lipinski definition) is 0. The quantitative estimate of drug-likeness (QED) is 0.219. The Morgan fingerprint density at radius 2 is 1.58 bits per heavy atom. The summed E-state index contributed by atoms with van der Waals surface area (Å²) in [6, 6.07) is 28.6. The van der Waals surface area contributed by atoms with Crippen LogP contribution in [0.3, 0.4) is 0 Å². The predicted molar refractivity (Wildman–Crippen MR) is 137 cm³/mol. The van der Waals surface area contributed by atoms with E-state index in [9.17, 15) is 0 Å². The van der Waals surface area contributed by atoms with Crippen molar-refractivity contribution in [3.8, 4) is 23.0 Å². The van der Waals surface area contributed by atoms with E-state index >= 15 is 0 Å². The summed E-state index contributed by atoms with van der Waals surface area (Å²) in [5.74, 6) is 2.80. The molecule has 0 atom stereocenters. The summed E-state index contributed by atoms with van der Waals surface area (Å²) < 4.78 is 18.1. The molecule has 0 saturated carbocycles. The summed E-state index contributed by atoms with van der Waals surface area (Å²) >= 11 is 9.53. The van der Waals surface area contributed by atoms with Crippen molar-refractivity contribution in [3.63, 3.8) is 0 Å². The highest BCUT2D eigenvalue weighted by atomic mass is 79.9. The van der Waals surface area contributed by atoms with E-state index in [0.29, 0.717) is 23.1 Å². The molecule has 0 bridgehead atoms. The molecule has 33 heavy (non-hydrogen) atoms. The molecule has 0 radical (unpaired) electrons. The molecule has 0 aliphatic heterocycles. The standard InChI is InChI=1S/C27H21BrClNO3/c1-31-26-16-20(15-25(28)27(26)32-18-19-7-9-21(29)10-8-19)17-30-22-11-13-24(14-12-22)33-23-5-3-2-4-6-23/h2-17H,18H2,1H3. The number of hydrogen-bond acceptors (Lipinski definition) is 4. The zero-order valence-corrected chi connectivity index (χ0v) is 20.2. The van der Waals surface area contributed by atoms with Crippen LogP contribution in [0.25, 0.3) is 0 Å². The lowest BCUT2D eigenvalue weighted by molar-refractivity contribution is 0.282. The number of benzene rings is 4. The van der Waals surface area contributed by atoms with Crippen LogP contribution in [0.5, 0.6) is 23.0 Å². The Bertz CT molecular complexity index is 1230. The van der Waals surface area contributed by atoms with E-state index in [0.717, 1.165) is 32.8 Å². The minimum atomic E-state index is 0.400. The molecule has 0 heterocycles. The van der Waals surface area contributed by atoms with Gasteiger partial charge in [0.25, 0.3) is 0 Å². The summed E-state index contributed by atoms with van der Waals surface area (Å²) in [6.45, 7) is 0.400. The molecule has 0 amide bonds. The fourth-order valence-corrected chi connectivity index (χ4v) is 3.76. The van der Waals surface area contributed by atoms with E-state index in [-0.39, 0.29) is 0 Å². The Kier molecular flexibility index (Phi) is 7.66. The van der Waals surface area contributed by atoms with Gasteiger partial charge in [0, 0.05) is 11.2 Å². The fourth-order valence-electron chi connectivity index (χ4n) is 3.06.